The minimum absolute atomic E-state index is 0.107. The maximum atomic E-state index is 12.2. The molecule has 3 aromatic rings. The lowest BCUT2D eigenvalue weighted by Crippen LogP contribution is -2.17. The summed E-state index contributed by atoms with van der Waals surface area (Å²) in [7, 11) is 0. The highest BCUT2D eigenvalue weighted by Crippen LogP contribution is 2.32. The van der Waals surface area contributed by atoms with Gasteiger partial charge in [-0.3, -0.25) is 4.79 Å². The molecule has 2 aromatic carbocycles. The molecule has 0 fully saturated rings. The molecule has 4 rings (SSSR count). The van der Waals surface area contributed by atoms with E-state index in [-0.39, 0.29) is 12.6 Å². The summed E-state index contributed by atoms with van der Waals surface area (Å²) >= 11 is 0. The van der Waals surface area contributed by atoms with Crippen molar-refractivity contribution in [2.45, 2.75) is 0 Å². The van der Waals surface area contributed by atoms with E-state index in [4.69, 9.17) is 18.6 Å². The predicted octanol–water partition coefficient (Wildman–Crippen LogP) is 2.99. The fraction of sp³-hybridized carbons (Fsp3) is 0.0500. The van der Waals surface area contributed by atoms with Gasteiger partial charge in [-0.1, -0.05) is 12.1 Å². The third-order valence-electron chi connectivity index (χ3n) is 3.81. The van der Waals surface area contributed by atoms with Crippen LogP contribution in [0.5, 0.6) is 17.2 Å². The molecule has 1 aliphatic rings. The monoisotopic (exact) mass is 378 g/mol. The van der Waals surface area contributed by atoms with Gasteiger partial charge in [-0.05, 0) is 48.0 Å². The first-order valence-electron chi connectivity index (χ1n) is 8.28. The van der Waals surface area contributed by atoms with E-state index in [1.807, 2.05) is 0 Å². The van der Waals surface area contributed by atoms with Crippen molar-refractivity contribution in [1.82, 2.24) is 5.43 Å². The number of furan rings is 1. The second kappa shape index (κ2) is 7.67. The molecule has 1 aliphatic heterocycles. The molecule has 0 spiro atoms. The molecule has 0 unspecified atom stereocenters. The number of nitrogens with one attached hydrogen (secondary N) is 1. The quantitative estimate of drug-likeness (QED) is 0.317. The van der Waals surface area contributed by atoms with Gasteiger partial charge in [0.25, 0.3) is 5.91 Å². The number of esters is 1. The number of benzene rings is 2. The van der Waals surface area contributed by atoms with E-state index < -0.39 is 11.9 Å². The zero-order valence-corrected chi connectivity index (χ0v) is 14.5. The predicted molar refractivity (Wildman–Crippen MR) is 97.7 cm³/mol. The maximum absolute atomic E-state index is 12.2. The Kier molecular flexibility index (Phi) is 4.75. The van der Waals surface area contributed by atoms with Crippen LogP contribution in [0.2, 0.25) is 0 Å². The summed E-state index contributed by atoms with van der Waals surface area (Å²) < 4.78 is 20.7. The van der Waals surface area contributed by atoms with Crippen molar-refractivity contribution >= 4 is 18.1 Å². The summed E-state index contributed by atoms with van der Waals surface area (Å²) in [4.78, 5) is 24.1. The van der Waals surface area contributed by atoms with Gasteiger partial charge >= 0.3 is 5.97 Å². The number of hydrazone groups is 1. The van der Waals surface area contributed by atoms with E-state index in [0.717, 1.165) is 0 Å². The molecule has 8 heteroatoms. The number of rotatable bonds is 5. The lowest BCUT2D eigenvalue weighted by molar-refractivity contribution is 0.0701. The van der Waals surface area contributed by atoms with Crippen LogP contribution >= 0.6 is 0 Å². The van der Waals surface area contributed by atoms with Crippen LogP contribution in [0, 0.1) is 0 Å². The van der Waals surface area contributed by atoms with Crippen molar-refractivity contribution in [1.29, 1.82) is 0 Å². The van der Waals surface area contributed by atoms with E-state index in [0.29, 0.717) is 28.4 Å². The second-order valence-electron chi connectivity index (χ2n) is 5.71. The van der Waals surface area contributed by atoms with Crippen molar-refractivity contribution in [3.8, 4) is 17.2 Å². The number of amides is 1. The van der Waals surface area contributed by atoms with Crippen molar-refractivity contribution in [2.75, 3.05) is 6.79 Å². The molecular weight excluding hydrogens is 364 g/mol. The Morgan fingerprint density at radius 1 is 1.04 bits per heavy atom. The summed E-state index contributed by atoms with van der Waals surface area (Å²) in [5, 5.41) is 3.93. The van der Waals surface area contributed by atoms with Gasteiger partial charge in [-0.25, -0.2) is 10.2 Å². The van der Waals surface area contributed by atoms with Crippen LogP contribution < -0.4 is 19.6 Å². The first-order chi connectivity index (χ1) is 13.7. The Labute approximate surface area is 159 Å². The van der Waals surface area contributed by atoms with Crippen LogP contribution in [-0.2, 0) is 0 Å². The lowest BCUT2D eigenvalue weighted by atomic mass is 10.2. The summed E-state index contributed by atoms with van der Waals surface area (Å²) in [6.07, 6.45) is 2.83. The van der Waals surface area contributed by atoms with Crippen molar-refractivity contribution < 1.29 is 28.2 Å². The van der Waals surface area contributed by atoms with Crippen LogP contribution in [0.1, 0.15) is 26.5 Å². The molecule has 140 valence electrons. The number of hydrogen-bond donors (Lipinski definition) is 1. The van der Waals surface area contributed by atoms with Gasteiger partial charge in [0.15, 0.2) is 11.5 Å². The minimum Gasteiger partial charge on any atom is -0.457 e. The van der Waals surface area contributed by atoms with E-state index in [1.165, 1.54) is 18.5 Å². The molecule has 0 radical (unpaired) electrons. The van der Waals surface area contributed by atoms with E-state index in [1.54, 1.807) is 48.5 Å². The lowest BCUT2D eigenvalue weighted by Gasteiger charge is -2.03. The molecule has 0 saturated heterocycles. The second-order valence-corrected chi connectivity index (χ2v) is 5.71. The number of carbonyl (C=O) groups is 2. The van der Waals surface area contributed by atoms with Gasteiger partial charge < -0.3 is 18.6 Å². The third kappa shape index (κ3) is 3.85. The van der Waals surface area contributed by atoms with Crippen molar-refractivity contribution in [2.24, 2.45) is 5.10 Å². The Morgan fingerprint density at radius 2 is 1.93 bits per heavy atom. The number of carbonyl (C=O) groups excluding carboxylic acids is 2. The molecule has 0 saturated carbocycles. The molecular formula is C20H14N2O6. The third-order valence-corrected chi connectivity index (χ3v) is 3.81. The van der Waals surface area contributed by atoms with E-state index >= 15 is 0 Å². The Bertz CT molecular complexity index is 1040. The van der Waals surface area contributed by atoms with Gasteiger partial charge in [0, 0.05) is 5.56 Å². The Morgan fingerprint density at radius 3 is 2.79 bits per heavy atom. The highest BCUT2D eigenvalue weighted by atomic mass is 16.7. The van der Waals surface area contributed by atoms with Gasteiger partial charge in [-0.2, -0.15) is 5.10 Å². The zero-order chi connectivity index (χ0) is 19.3. The maximum Gasteiger partial charge on any atom is 0.379 e. The van der Waals surface area contributed by atoms with Gasteiger partial charge in [0.2, 0.25) is 12.6 Å². The number of ether oxygens (including phenoxy) is 3. The summed E-state index contributed by atoms with van der Waals surface area (Å²) in [6, 6.07) is 14.7. The van der Waals surface area contributed by atoms with Gasteiger partial charge in [0.1, 0.15) is 5.75 Å². The SMILES string of the molecule is O=C(N/N=C/c1cccc(OC(=O)c2ccco2)c1)c1ccc2c(c1)OCO2. The Hall–Kier alpha value is -4.07. The van der Waals surface area contributed by atoms with Crippen LogP contribution in [-0.4, -0.2) is 24.9 Å². The summed E-state index contributed by atoms with van der Waals surface area (Å²) in [5.41, 5.74) is 3.46. The number of hydrogen-bond acceptors (Lipinski definition) is 7. The zero-order valence-electron chi connectivity index (χ0n) is 14.5. The molecule has 1 amide bonds. The highest BCUT2D eigenvalue weighted by Gasteiger charge is 2.16. The smallest absolute Gasteiger partial charge is 0.379 e. The molecule has 1 aromatic heterocycles. The van der Waals surface area contributed by atoms with Gasteiger partial charge in [0.05, 0.1) is 12.5 Å². The molecule has 2 heterocycles. The molecule has 8 nitrogen and oxygen atoms in total. The first kappa shape index (κ1) is 17.3. The highest BCUT2D eigenvalue weighted by molar-refractivity contribution is 5.95. The molecule has 28 heavy (non-hydrogen) atoms. The molecule has 1 N–H and O–H groups in total. The van der Waals surface area contributed by atoms with Crippen LogP contribution in [0.4, 0.5) is 0 Å². The average molecular weight is 378 g/mol. The normalized spacial score (nSPS) is 12.1. The fourth-order valence-corrected chi connectivity index (χ4v) is 2.48. The van der Waals surface area contributed by atoms with E-state index in [9.17, 15) is 9.59 Å². The van der Waals surface area contributed by atoms with Crippen LogP contribution in [0.25, 0.3) is 0 Å². The minimum atomic E-state index is -0.602. The van der Waals surface area contributed by atoms with Crippen molar-refractivity contribution in [3.63, 3.8) is 0 Å². The number of nitrogens with zero attached hydrogens (tertiary/aromatic N) is 1. The first-order valence-corrected chi connectivity index (χ1v) is 8.28. The molecule has 0 atom stereocenters. The van der Waals surface area contributed by atoms with Gasteiger partial charge in [-0.15, -0.1) is 0 Å². The van der Waals surface area contributed by atoms with E-state index in [2.05, 4.69) is 10.5 Å². The largest absolute Gasteiger partial charge is 0.457 e. The topological polar surface area (TPSA) is 99.4 Å². The van der Waals surface area contributed by atoms with Crippen molar-refractivity contribution in [3.05, 3.63) is 77.7 Å². The molecule has 0 aliphatic carbocycles. The fourth-order valence-electron chi connectivity index (χ4n) is 2.48. The summed E-state index contributed by atoms with van der Waals surface area (Å²) in [5.74, 6) is 0.552. The molecule has 0 bridgehead atoms. The number of fused-ring (bicyclic) bond motifs is 1. The average Bonchev–Trinajstić information content (AvgIpc) is 3.39. The van der Waals surface area contributed by atoms with Crippen LogP contribution in [0.3, 0.4) is 0 Å². The Balaban J connectivity index is 1.38. The summed E-state index contributed by atoms with van der Waals surface area (Å²) in [6.45, 7) is 0.138. The standard InChI is InChI=1S/C20H14N2O6/c23-19(14-6-7-16-18(10-14)27-12-26-16)22-21-11-13-3-1-4-15(9-13)28-20(24)17-5-2-8-25-17/h1-11H,12H2,(H,22,23)/b21-11+. The van der Waals surface area contributed by atoms with Crippen LogP contribution in [0.15, 0.2) is 70.4 Å².